The third-order valence-electron chi connectivity index (χ3n) is 3.51. The van der Waals surface area contributed by atoms with Crippen molar-refractivity contribution in [3.05, 3.63) is 23.3 Å². The number of rotatable bonds is 4. The van der Waals surface area contributed by atoms with Gasteiger partial charge in [0.25, 0.3) is 11.1 Å². The number of aromatic nitrogens is 2. The predicted molar refractivity (Wildman–Crippen MR) is 79.4 cm³/mol. The van der Waals surface area contributed by atoms with Gasteiger partial charge in [0.05, 0.1) is 6.20 Å². The van der Waals surface area contributed by atoms with Gasteiger partial charge in [-0.25, -0.2) is 10.4 Å². The largest absolute Gasteiger partial charge is 0.348 e. The summed E-state index contributed by atoms with van der Waals surface area (Å²) in [5.41, 5.74) is 1.17. The lowest BCUT2D eigenvalue weighted by atomic mass is 9.95. The van der Waals surface area contributed by atoms with E-state index in [-0.39, 0.29) is 17.1 Å². The van der Waals surface area contributed by atoms with Crippen LogP contribution in [0.2, 0.25) is 0 Å². The highest BCUT2D eigenvalue weighted by atomic mass is 35.5. The van der Waals surface area contributed by atoms with Crippen LogP contribution in [0.1, 0.15) is 55.3 Å². The molecular formula is C14H20ClN4O+. The second kappa shape index (κ2) is 6.70. The molecule has 0 saturated heterocycles. The standard InChI is InChI=1S/C14H19ClN4O/c1-9(13(15)16)7-12-17-8-11(19-12)14(20)18-10-5-3-2-4-6-10/h7-8,10,16H,2-6H2,1H3,(H,17,19)(H,18,20)/p+1/b9-7-,16-13?. The van der Waals surface area contributed by atoms with E-state index in [0.29, 0.717) is 17.1 Å². The van der Waals surface area contributed by atoms with Crippen LogP contribution in [0.3, 0.4) is 0 Å². The molecule has 1 amide bonds. The first-order valence-electron chi connectivity index (χ1n) is 6.88. The normalized spacial score (nSPS) is 17.0. The fourth-order valence-corrected chi connectivity index (χ4v) is 2.36. The Morgan fingerprint density at radius 2 is 2.20 bits per heavy atom. The van der Waals surface area contributed by atoms with E-state index in [1.54, 1.807) is 13.0 Å². The van der Waals surface area contributed by atoms with E-state index >= 15 is 0 Å². The second-order valence-corrected chi connectivity index (χ2v) is 5.57. The van der Waals surface area contributed by atoms with Crippen molar-refractivity contribution in [2.75, 3.05) is 0 Å². The molecule has 4 N–H and O–H groups in total. The van der Waals surface area contributed by atoms with Crippen molar-refractivity contribution in [3.8, 4) is 0 Å². The first-order valence-corrected chi connectivity index (χ1v) is 7.26. The maximum Gasteiger partial charge on any atom is 0.269 e. The summed E-state index contributed by atoms with van der Waals surface area (Å²) in [6.07, 6.45) is 8.99. The molecule has 1 heterocycles. The van der Waals surface area contributed by atoms with Crippen LogP contribution >= 0.6 is 11.6 Å². The number of hydrogen-bond acceptors (Lipinski definition) is 2. The molecule has 5 nitrogen and oxygen atoms in total. The maximum absolute atomic E-state index is 12.1. The Morgan fingerprint density at radius 3 is 2.85 bits per heavy atom. The third-order valence-corrected chi connectivity index (χ3v) is 3.81. The lowest BCUT2D eigenvalue weighted by Crippen LogP contribution is -2.36. The number of allylic oxidation sites excluding steroid dienone is 1. The number of amides is 1. The Balaban J connectivity index is 1.99. The molecule has 1 saturated carbocycles. The molecule has 0 aromatic carbocycles. The van der Waals surface area contributed by atoms with Crippen molar-refractivity contribution >= 4 is 28.8 Å². The van der Waals surface area contributed by atoms with Gasteiger partial charge in [0.2, 0.25) is 0 Å². The monoisotopic (exact) mass is 295 g/mol. The van der Waals surface area contributed by atoms with Crippen LogP contribution in [0.5, 0.6) is 0 Å². The van der Waals surface area contributed by atoms with E-state index in [9.17, 15) is 4.79 Å². The molecule has 1 fully saturated rings. The number of nitrogens with zero attached hydrogens (tertiary/aromatic N) is 1. The molecule has 1 aromatic heterocycles. The number of carbonyl (C=O) groups is 1. The molecule has 0 bridgehead atoms. The molecule has 0 unspecified atom stereocenters. The van der Waals surface area contributed by atoms with Gasteiger partial charge in [0, 0.05) is 11.6 Å². The summed E-state index contributed by atoms with van der Waals surface area (Å²) in [6, 6.07) is 0.284. The number of H-pyrrole nitrogens is 1. The molecular weight excluding hydrogens is 276 g/mol. The minimum atomic E-state index is -0.107. The SMILES string of the molecule is C/C(=C/c1ncc(C(=O)NC2CCCCC2)[nH]1)C(=[NH2+])Cl. The molecule has 6 heteroatoms. The molecule has 0 radical (unpaired) electrons. The summed E-state index contributed by atoms with van der Waals surface area (Å²) in [5.74, 6) is 0.462. The summed E-state index contributed by atoms with van der Waals surface area (Å²) in [6.45, 7) is 1.78. The summed E-state index contributed by atoms with van der Waals surface area (Å²) >= 11 is 5.68. The number of nitrogens with two attached hydrogens (primary N) is 1. The van der Waals surface area contributed by atoms with Gasteiger partial charge in [0.15, 0.2) is 0 Å². The van der Waals surface area contributed by atoms with Crippen LogP contribution in [0.4, 0.5) is 0 Å². The summed E-state index contributed by atoms with van der Waals surface area (Å²) in [4.78, 5) is 19.2. The van der Waals surface area contributed by atoms with Gasteiger partial charge >= 0.3 is 0 Å². The Hall–Kier alpha value is -1.62. The molecule has 0 spiro atoms. The zero-order valence-electron chi connectivity index (χ0n) is 11.6. The van der Waals surface area contributed by atoms with Crippen LogP contribution in [0.25, 0.3) is 6.08 Å². The number of aromatic amines is 1. The average molecular weight is 296 g/mol. The molecule has 20 heavy (non-hydrogen) atoms. The first-order chi connectivity index (χ1) is 9.56. The lowest BCUT2D eigenvalue weighted by molar-refractivity contribution is -0.108. The molecule has 1 aliphatic rings. The Morgan fingerprint density at radius 1 is 1.50 bits per heavy atom. The van der Waals surface area contributed by atoms with E-state index in [1.165, 1.54) is 25.5 Å². The van der Waals surface area contributed by atoms with Crippen molar-refractivity contribution in [2.45, 2.75) is 45.1 Å². The Bertz CT molecular complexity index is 529. The lowest BCUT2D eigenvalue weighted by Gasteiger charge is -2.22. The summed E-state index contributed by atoms with van der Waals surface area (Å²) in [5, 5.41) is 8.72. The number of halogens is 1. The second-order valence-electron chi connectivity index (χ2n) is 5.17. The van der Waals surface area contributed by atoms with Gasteiger partial charge in [-0.3, -0.25) is 4.79 Å². The summed E-state index contributed by atoms with van der Waals surface area (Å²) < 4.78 is 0. The third kappa shape index (κ3) is 3.93. The van der Waals surface area contributed by atoms with Gasteiger partial charge in [-0.1, -0.05) is 19.3 Å². The Kier molecular flexibility index (Phi) is 4.95. The van der Waals surface area contributed by atoms with Crippen molar-refractivity contribution in [2.24, 2.45) is 0 Å². The van der Waals surface area contributed by atoms with E-state index in [2.05, 4.69) is 15.3 Å². The highest BCUT2D eigenvalue weighted by molar-refractivity contribution is 6.68. The fourth-order valence-electron chi connectivity index (χ4n) is 2.31. The molecule has 0 atom stereocenters. The van der Waals surface area contributed by atoms with Crippen LogP contribution in [0, 0.1) is 0 Å². The van der Waals surface area contributed by atoms with E-state index in [4.69, 9.17) is 17.0 Å². The van der Waals surface area contributed by atoms with Gasteiger partial charge in [-0.2, -0.15) is 0 Å². The predicted octanol–water partition coefficient (Wildman–Crippen LogP) is 1.27. The quantitative estimate of drug-likeness (QED) is 0.731. The van der Waals surface area contributed by atoms with Crippen molar-refractivity contribution in [1.29, 1.82) is 0 Å². The minimum Gasteiger partial charge on any atom is -0.348 e. The number of imidazole rings is 1. The molecule has 108 valence electrons. The fraction of sp³-hybridized carbons (Fsp3) is 0.500. The molecule has 1 aliphatic carbocycles. The van der Waals surface area contributed by atoms with E-state index in [1.807, 2.05) is 0 Å². The first kappa shape index (κ1) is 14.8. The number of carbonyl (C=O) groups excluding carboxylic acids is 1. The smallest absolute Gasteiger partial charge is 0.269 e. The zero-order valence-corrected chi connectivity index (χ0v) is 12.3. The van der Waals surface area contributed by atoms with Crippen molar-refractivity contribution < 1.29 is 10.2 Å². The van der Waals surface area contributed by atoms with Crippen LogP contribution in [0.15, 0.2) is 11.8 Å². The van der Waals surface area contributed by atoms with Gasteiger partial charge < -0.3 is 10.3 Å². The number of hydrogen-bond donors (Lipinski definition) is 3. The van der Waals surface area contributed by atoms with E-state index in [0.717, 1.165) is 12.8 Å². The van der Waals surface area contributed by atoms with Gasteiger partial charge in [-0.15, -0.1) is 0 Å². The van der Waals surface area contributed by atoms with Crippen LogP contribution in [-0.4, -0.2) is 27.1 Å². The molecule has 2 rings (SSSR count). The molecule has 0 aliphatic heterocycles. The topological polar surface area (TPSA) is 83.4 Å². The minimum absolute atomic E-state index is 0.107. The highest BCUT2D eigenvalue weighted by Gasteiger charge is 2.17. The van der Waals surface area contributed by atoms with E-state index < -0.39 is 0 Å². The maximum atomic E-state index is 12.1. The Labute approximate surface area is 123 Å². The highest BCUT2D eigenvalue weighted by Crippen LogP contribution is 2.17. The van der Waals surface area contributed by atoms with Crippen molar-refractivity contribution in [1.82, 2.24) is 15.3 Å². The zero-order chi connectivity index (χ0) is 14.5. The molecule has 1 aromatic rings. The van der Waals surface area contributed by atoms with Crippen LogP contribution < -0.4 is 10.7 Å². The van der Waals surface area contributed by atoms with Crippen molar-refractivity contribution in [3.63, 3.8) is 0 Å². The number of nitrogens with one attached hydrogen (secondary N) is 2. The average Bonchev–Trinajstić information content (AvgIpc) is 2.88. The van der Waals surface area contributed by atoms with Crippen LogP contribution in [-0.2, 0) is 0 Å². The van der Waals surface area contributed by atoms with Gasteiger partial charge in [-0.05, 0) is 37.4 Å². The summed E-state index contributed by atoms with van der Waals surface area (Å²) in [7, 11) is 0. The van der Waals surface area contributed by atoms with Gasteiger partial charge in [0.1, 0.15) is 11.5 Å².